The van der Waals surface area contributed by atoms with E-state index in [1.54, 1.807) is 13.0 Å². The van der Waals surface area contributed by atoms with Crippen LogP contribution < -0.4 is 15.4 Å². The summed E-state index contributed by atoms with van der Waals surface area (Å²) >= 11 is 6.11. The molecule has 134 valence electrons. The fourth-order valence-corrected chi connectivity index (χ4v) is 2.35. The first-order valence-electron chi connectivity index (χ1n) is 7.59. The van der Waals surface area contributed by atoms with Crippen molar-refractivity contribution < 1.29 is 19.0 Å². The number of halogens is 2. The predicted octanol–water partition coefficient (Wildman–Crippen LogP) is 2.61. The van der Waals surface area contributed by atoms with Crippen LogP contribution in [0.15, 0.2) is 30.5 Å². The average Bonchev–Trinajstić information content (AvgIpc) is 2.58. The van der Waals surface area contributed by atoms with Gasteiger partial charge in [0.05, 0.1) is 18.2 Å². The maximum atomic E-state index is 13.7. The van der Waals surface area contributed by atoms with E-state index in [0.717, 1.165) is 0 Å². The van der Waals surface area contributed by atoms with Crippen molar-refractivity contribution in [3.63, 3.8) is 0 Å². The Morgan fingerprint density at radius 1 is 1.44 bits per heavy atom. The summed E-state index contributed by atoms with van der Waals surface area (Å²) in [5, 5.41) is 15.1. The monoisotopic (exact) mass is 367 g/mol. The maximum Gasteiger partial charge on any atom is 0.256 e. The Kier molecular flexibility index (Phi) is 6.55. The van der Waals surface area contributed by atoms with Crippen LogP contribution in [0, 0.1) is 5.82 Å². The number of aliphatic hydroxyl groups excluding tert-OH is 1. The van der Waals surface area contributed by atoms with E-state index in [-0.39, 0.29) is 35.2 Å². The van der Waals surface area contributed by atoms with Crippen molar-refractivity contribution in [1.29, 1.82) is 0 Å². The van der Waals surface area contributed by atoms with Gasteiger partial charge in [0.2, 0.25) is 0 Å². The Morgan fingerprint density at radius 2 is 2.20 bits per heavy atom. The average molecular weight is 368 g/mol. The lowest BCUT2D eigenvalue weighted by molar-refractivity contribution is 0.0951. The van der Waals surface area contributed by atoms with Crippen molar-refractivity contribution >= 4 is 23.3 Å². The number of aromatic nitrogens is 1. The molecule has 0 fully saturated rings. The summed E-state index contributed by atoms with van der Waals surface area (Å²) in [6, 6.07) is 5.93. The second-order valence-corrected chi connectivity index (χ2v) is 5.81. The molecule has 0 saturated carbocycles. The molecule has 1 aromatic carbocycles. The van der Waals surface area contributed by atoms with Gasteiger partial charge < -0.3 is 20.5 Å². The Balaban J connectivity index is 2.11. The molecule has 0 aliphatic heterocycles. The molecule has 0 radical (unpaired) electrons. The SMILES string of the molecule is COc1ccc(CNC(=O)c2c(Cl)ccnc2NCC(C)O)cc1F. The number of anilines is 1. The molecule has 25 heavy (non-hydrogen) atoms. The predicted molar refractivity (Wildman–Crippen MR) is 93.5 cm³/mol. The number of amides is 1. The van der Waals surface area contributed by atoms with Gasteiger partial charge in [0.15, 0.2) is 11.6 Å². The number of nitrogens with one attached hydrogen (secondary N) is 2. The van der Waals surface area contributed by atoms with E-state index >= 15 is 0 Å². The number of benzene rings is 1. The van der Waals surface area contributed by atoms with E-state index in [0.29, 0.717) is 5.56 Å². The number of methoxy groups -OCH3 is 1. The van der Waals surface area contributed by atoms with Crippen LogP contribution in [0.25, 0.3) is 0 Å². The number of nitrogens with zero attached hydrogens (tertiary/aromatic N) is 1. The maximum absolute atomic E-state index is 13.7. The second kappa shape index (κ2) is 8.64. The number of hydrogen-bond acceptors (Lipinski definition) is 5. The molecule has 1 amide bonds. The zero-order valence-corrected chi connectivity index (χ0v) is 14.6. The van der Waals surface area contributed by atoms with Gasteiger partial charge in [0.1, 0.15) is 11.4 Å². The third-order valence-electron chi connectivity index (χ3n) is 3.36. The molecule has 2 rings (SSSR count). The normalized spacial score (nSPS) is 11.7. The highest BCUT2D eigenvalue weighted by molar-refractivity contribution is 6.34. The number of pyridine rings is 1. The van der Waals surface area contributed by atoms with Crippen molar-refractivity contribution in [2.24, 2.45) is 0 Å². The van der Waals surface area contributed by atoms with E-state index in [4.69, 9.17) is 16.3 Å². The van der Waals surface area contributed by atoms with E-state index in [1.807, 2.05) is 0 Å². The fourth-order valence-electron chi connectivity index (χ4n) is 2.12. The van der Waals surface area contributed by atoms with E-state index in [9.17, 15) is 14.3 Å². The van der Waals surface area contributed by atoms with Gasteiger partial charge >= 0.3 is 0 Å². The Labute approximate surface area is 150 Å². The first kappa shape index (κ1) is 19.0. The van der Waals surface area contributed by atoms with Crippen molar-refractivity contribution in [1.82, 2.24) is 10.3 Å². The van der Waals surface area contributed by atoms with Crippen molar-refractivity contribution in [3.05, 3.63) is 52.4 Å². The highest BCUT2D eigenvalue weighted by Crippen LogP contribution is 2.22. The van der Waals surface area contributed by atoms with Gasteiger partial charge in [-0.15, -0.1) is 0 Å². The van der Waals surface area contributed by atoms with Crippen LogP contribution in [-0.4, -0.2) is 35.8 Å². The quantitative estimate of drug-likeness (QED) is 0.700. The van der Waals surface area contributed by atoms with Crippen LogP contribution in [0.2, 0.25) is 5.02 Å². The molecule has 2 aromatic rings. The topological polar surface area (TPSA) is 83.5 Å². The first-order valence-corrected chi connectivity index (χ1v) is 7.97. The number of ether oxygens (including phenoxy) is 1. The van der Waals surface area contributed by atoms with Crippen LogP contribution in [0.3, 0.4) is 0 Å². The molecule has 3 N–H and O–H groups in total. The van der Waals surface area contributed by atoms with Crippen LogP contribution in [0.1, 0.15) is 22.8 Å². The summed E-state index contributed by atoms with van der Waals surface area (Å²) < 4.78 is 18.6. The molecule has 8 heteroatoms. The van der Waals surface area contributed by atoms with Crippen molar-refractivity contribution in [3.8, 4) is 5.75 Å². The smallest absolute Gasteiger partial charge is 0.256 e. The molecule has 0 aliphatic carbocycles. The van der Waals surface area contributed by atoms with Gasteiger partial charge in [-0.25, -0.2) is 9.37 Å². The lowest BCUT2D eigenvalue weighted by atomic mass is 10.2. The minimum absolute atomic E-state index is 0.112. The van der Waals surface area contributed by atoms with Gasteiger partial charge in [0.25, 0.3) is 5.91 Å². The summed E-state index contributed by atoms with van der Waals surface area (Å²) in [6.45, 7) is 1.94. The van der Waals surface area contributed by atoms with E-state index < -0.39 is 17.8 Å². The summed E-state index contributed by atoms with van der Waals surface area (Å²) in [5.74, 6) is -0.558. The molecule has 1 aromatic heterocycles. The first-order chi connectivity index (χ1) is 11.9. The van der Waals surface area contributed by atoms with Crippen LogP contribution >= 0.6 is 11.6 Å². The molecule has 1 heterocycles. The molecule has 0 aliphatic rings. The van der Waals surface area contributed by atoms with E-state index in [1.165, 1.54) is 31.5 Å². The van der Waals surface area contributed by atoms with Crippen LogP contribution in [0.5, 0.6) is 5.75 Å². The van der Waals surface area contributed by atoms with Gasteiger partial charge in [-0.2, -0.15) is 0 Å². The largest absolute Gasteiger partial charge is 0.494 e. The van der Waals surface area contributed by atoms with Gasteiger partial charge in [-0.05, 0) is 30.7 Å². The molecule has 1 atom stereocenters. The van der Waals surface area contributed by atoms with Crippen LogP contribution in [-0.2, 0) is 6.54 Å². The molecular weight excluding hydrogens is 349 g/mol. The third-order valence-corrected chi connectivity index (χ3v) is 3.68. The third kappa shape index (κ3) is 5.04. The van der Waals surface area contributed by atoms with Gasteiger partial charge in [-0.1, -0.05) is 17.7 Å². The zero-order chi connectivity index (χ0) is 18.4. The summed E-state index contributed by atoms with van der Waals surface area (Å²) in [7, 11) is 1.38. The van der Waals surface area contributed by atoms with Crippen LogP contribution in [0.4, 0.5) is 10.2 Å². The standard InChI is InChI=1S/C17H19ClFN3O3/c1-10(23)8-21-16-15(12(18)5-6-20-16)17(24)22-9-11-3-4-14(25-2)13(19)7-11/h3-7,10,23H,8-9H2,1-2H3,(H,20,21)(H,22,24). The molecular formula is C17H19ClFN3O3. The number of aliphatic hydroxyl groups is 1. The molecule has 6 nitrogen and oxygen atoms in total. The minimum atomic E-state index is -0.612. The summed E-state index contributed by atoms with van der Waals surface area (Å²) in [5.41, 5.74) is 0.740. The van der Waals surface area contributed by atoms with Crippen molar-refractivity contribution in [2.75, 3.05) is 19.0 Å². The summed E-state index contributed by atoms with van der Waals surface area (Å²) in [6.07, 6.45) is 0.849. The molecule has 1 unspecified atom stereocenters. The van der Waals surface area contributed by atoms with Gasteiger partial charge in [-0.3, -0.25) is 4.79 Å². The lowest BCUT2D eigenvalue weighted by Gasteiger charge is -2.14. The fraction of sp³-hybridized carbons (Fsp3) is 0.294. The van der Waals surface area contributed by atoms with Crippen molar-refractivity contribution in [2.45, 2.75) is 19.6 Å². The summed E-state index contributed by atoms with van der Waals surface area (Å²) in [4.78, 5) is 16.5. The van der Waals surface area contributed by atoms with Gasteiger partial charge in [0, 0.05) is 19.3 Å². The number of carbonyl (C=O) groups is 1. The highest BCUT2D eigenvalue weighted by atomic mass is 35.5. The number of hydrogen-bond donors (Lipinski definition) is 3. The Hall–Kier alpha value is -2.38. The molecule has 0 saturated heterocycles. The minimum Gasteiger partial charge on any atom is -0.494 e. The highest BCUT2D eigenvalue weighted by Gasteiger charge is 2.17. The Morgan fingerprint density at radius 3 is 2.84 bits per heavy atom. The molecule has 0 spiro atoms. The lowest BCUT2D eigenvalue weighted by Crippen LogP contribution is -2.26. The second-order valence-electron chi connectivity index (χ2n) is 5.40. The number of carbonyl (C=O) groups excluding carboxylic acids is 1. The Bertz CT molecular complexity index is 756. The van der Waals surface area contributed by atoms with E-state index in [2.05, 4.69) is 15.6 Å². The molecule has 0 bridgehead atoms. The zero-order valence-electron chi connectivity index (χ0n) is 13.8. The number of rotatable bonds is 7.